The number of rotatable bonds is 7. The molecule has 8 nitrogen and oxygen atoms in total. The van der Waals surface area contributed by atoms with Crippen molar-refractivity contribution in [2.24, 2.45) is 17.0 Å². The molecule has 2 aliphatic carbocycles. The average molecular weight is 521 g/mol. The van der Waals surface area contributed by atoms with Gasteiger partial charge in [0.05, 0.1) is 17.5 Å². The van der Waals surface area contributed by atoms with Crippen molar-refractivity contribution < 1.29 is 14.7 Å². The maximum atomic E-state index is 14.1. The number of carbonyl (C=O) groups is 1. The fourth-order valence-electron chi connectivity index (χ4n) is 8.38. The minimum atomic E-state index is -0.943. The molecule has 2 aromatic rings. The van der Waals surface area contributed by atoms with E-state index in [-0.39, 0.29) is 30.1 Å². The summed E-state index contributed by atoms with van der Waals surface area (Å²) in [5.41, 5.74) is 1.90. The number of carboxylic acid groups (broad SMARTS) is 1. The number of aliphatic carboxylic acids is 1. The van der Waals surface area contributed by atoms with Crippen LogP contribution in [0.3, 0.4) is 0 Å². The summed E-state index contributed by atoms with van der Waals surface area (Å²) in [7, 11) is 1.41. The summed E-state index contributed by atoms with van der Waals surface area (Å²) in [6.45, 7) is 0. The van der Waals surface area contributed by atoms with E-state index < -0.39 is 5.97 Å². The van der Waals surface area contributed by atoms with Crippen molar-refractivity contribution >= 4 is 22.7 Å². The first-order valence-electron chi connectivity index (χ1n) is 14.6. The minimum Gasteiger partial charge on any atom is -0.481 e. The average Bonchev–Trinajstić information content (AvgIpc) is 2.90. The number of piperidine rings is 2. The van der Waals surface area contributed by atoms with E-state index in [0.29, 0.717) is 23.8 Å². The molecule has 204 valence electrons. The molecule has 2 saturated heterocycles. The minimum absolute atomic E-state index is 0.0899. The molecule has 4 fully saturated rings. The molecule has 0 spiro atoms. The normalized spacial score (nSPS) is 31.8. The van der Waals surface area contributed by atoms with Crippen molar-refractivity contribution in [1.82, 2.24) is 14.5 Å². The largest absolute Gasteiger partial charge is 0.481 e. The molecule has 1 N–H and O–H groups in total. The van der Waals surface area contributed by atoms with E-state index in [2.05, 4.69) is 15.0 Å². The van der Waals surface area contributed by atoms with Crippen molar-refractivity contribution in [1.29, 1.82) is 0 Å². The molecular formula is C30H40N4O4. The molecule has 3 heterocycles. The van der Waals surface area contributed by atoms with Crippen molar-refractivity contribution in [3.63, 3.8) is 0 Å². The van der Waals surface area contributed by atoms with Gasteiger partial charge in [0.15, 0.2) is 5.69 Å². The molecule has 4 bridgehead atoms. The number of benzene rings is 1. The van der Waals surface area contributed by atoms with Gasteiger partial charge >= 0.3 is 5.97 Å². The van der Waals surface area contributed by atoms with Crippen LogP contribution in [0.4, 0.5) is 0 Å². The summed E-state index contributed by atoms with van der Waals surface area (Å²) in [6, 6.07) is 9.62. The standard InChI is InChI=1S/C30H40N4O4/c1-38-32-26(12-13-28(35)36)29-30(37)34(27-11-3-2-10-25(27)31-29)24-17-21-8-5-9-22(18-24)33(21)23-15-19-6-4-7-20(14-19)16-23/h2-3,10-11,19-24H,4-9,12-18H2,1H3,(H,35,36)/b32-26+. The molecule has 0 amide bonds. The molecule has 8 heteroatoms. The van der Waals surface area contributed by atoms with E-state index in [9.17, 15) is 14.7 Å². The highest BCUT2D eigenvalue weighted by atomic mass is 16.6. The zero-order chi connectivity index (χ0) is 26.2. The van der Waals surface area contributed by atoms with Crippen LogP contribution in [0.1, 0.15) is 95.2 Å². The SMILES string of the molecule is CO/N=C(\CCC(=O)O)c1nc2ccccc2n(C2CC3CCCC(C2)N3C2CC3CCCC(C3)C2)c1=O. The van der Waals surface area contributed by atoms with E-state index in [1.54, 1.807) is 0 Å². The van der Waals surface area contributed by atoms with Gasteiger partial charge in [-0.05, 0) is 68.9 Å². The quantitative estimate of drug-likeness (QED) is 0.401. The van der Waals surface area contributed by atoms with Crippen LogP contribution in [0.15, 0.2) is 34.2 Å². The van der Waals surface area contributed by atoms with Crippen LogP contribution in [-0.4, -0.2) is 56.5 Å². The van der Waals surface area contributed by atoms with Gasteiger partial charge in [0.25, 0.3) is 5.56 Å². The first-order chi connectivity index (χ1) is 18.5. The van der Waals surface area contributed by atoms with Gasteiger partial charge in [-0.3, -0.25) is 14.5 Å². The topological polar surface area (TPSA) is 97.0 Å². The molecule has 2 aliphatic heterocycles. The number of hydrogen-bond donors (Lipinski definition) is 1. The Morgan fingerprint density at radius 1 is 0.947 bits per heavy atom. The zero-order valence-corrected chi connectivity index (χ0v) is 22.4. The number of para-hydroxylation sites is 2. The number of fused-ring (bicyclic) bond motifs is 5. The molecule has 1 aromatic heterocycles. The third-order valence-corrected chi connectivity index (χ3v) is 9.74. The third-order valence-electron chi connectivity index (χ3n) is 9.74. The molecule has 2 saturated carbocycles. The summed E-state index contributed by atoms with van der Waals surface area (Å²) in [4.78, 5) is 38.0. The van der Waals surface area contributed by atoms with Crippen LogP contribution in [0.2, 0.25) is 0 Å². The number of oxime groups is 1. The van der Waals surface area contributed by atoms with Crippen molar-refractivity contribution in [2.75, 3.05) is 7.11 Å². The Morgan fingerprint density at radius 3 is 2.32 bits per heavy atom. The second-order valence-electron chi connectivity index (χ2n) is 12.1. The highest BCUT2D eigenvalue weighted by Crippen LogP contribution is 2.47. The highest BCUT2D eigenvalue weighted by Gasteiger charge is 2.45. The lowest BCUT2D eigenvalue weighted by atomic mass is 9.68. The predicted molar refractivity (Wildman–Crippen MR) is 146 cm³/mol. The summed E-state index contributed by atoms with van der Waals surface area (Å²) in [6.07, 6.45) is 14.0. The molecule has 6 rings (SSSR count). The summed E-state index contributed by atoms with van der Waals surface area (Å²) >= 11 is 0. The number of aromatic nitrogens is 2. The molecule has 4 atom stereocenters. The number of carboxylic acids is 1. The molecule has 0 radical (unpaired) electrons. The van der Waals surface area contributed by atoms with Crippen LogP contribution >= 0.6 is 0 Å². The first-order valence-corrected chi connectivity index (χ1v) is 14.6. The van der Waals surface area contributed by atoms with E-state index in [4.69, 9.17) is 4.84 Å². The van der Waals surface area contributed by atoms with Crippen LogP contribution in [-0.2, 0) is 9.63 Å². The summed E-state index contributed by atoms with van der Waals surface area (Å²) < 4.78 is 1.96. The first kappa shape index (κ1) is 25.5. The van der Waals surface area contributed by atoms with Gasteiger partial charge in [-0.2, -0.15) is 0 Å². The summed E-state index contributed by atoms with van der Waals surface area (Å²) in [5, 5.41) is 13.3. The maximum absolute atomic E-state index is 14.1. The molecule has 4 unspecified atom stereocenters. The molecule has 1 aromatic carbocycles. The summed E-state index contributed by atoms with van der Waals surface area (Å²) in [5.74, 6) is 0.871. The van der Waals surface area contributed by atoms with Crippen LogP contribution in [0.5, 0.6) is 0 Å². The van der Waals surface area contributed by atoms with Crippen molar-refractivity contribution in [3.8, 4) is 0 Å². The molecular weight excluding hydrogens is 480 g/mol. The van der Waals surface area contributed by atoms with Crippen LogP contribution in [0.25, 0.3) is 11.0 Å². The second kappa shape index (κ2) is 10.8. The van der Waals surface area contributed by atoms with Crippen LogP contribution in [0, 0.1) is 11.8 Å². The van der Waals surface area contributed by atoms with Crippen molar-refractivity contribution in [2.45, 2.75) is 108 Å². The maximum Gasteiger partial charge on any atom is 0.303 e. The van der Waals surface area contributed by atoms with Gasteiger partial charge in [0.2, 0.25) is 0 Å². The zero-order valence-electron chi connectivity index (χ0n) is 22.4. The molecule has 4 aliphatic rings. The molecule has 38 heavy (non-hydrogen) atoms. The van der Waals surface area contributed by atoms with E-state index in [1.165, 1.54) is 64.9 Å². The Balaban J connectivity index is 1.35. The van der Waals surface area contributed by atoms with Gasteiger partial charge in [0.1, 0.15) is 12.8 Å². The van der Waals surface area contributed by atoms with E-state index >= 15 is 0 Å². The Bertz CT molecular complexity index is 1250. The van der Waals surface area contributed by atoms with Gasteiger partial charge in [-0.1, -0.05) is 43.0 Å². The highest BCUT2D eigenvalue weighted by molar-refractivity contribution is 6.00. The fourth-order valence-corrected chi connectivity index (χ4v) is 8.38. The third kappa shape index (κ3) is 4.88. The van der Waals surface area contributed by atoms with E-state index in [0.717, 1.165) is 35.7 Å². The van der Waals surface area contributed by atoms with E-state index in [1.807, 2.05) is 28.8 Å². The van der Waals surface area contributed by atoms with Crippen molar-refractivity contribution in [3.05, 3.63) is 40.3 Å². The van der Waals surface area contributed by atoms with Crippen LogP contribution < -0.4 is 5.56 Å². The lowest BCUT2D eigenvalue weighted by Crippen LogP contribution is -2.58. The van der Waals surface area contributed by atoms with Gasteiger partial charge in [-0.25, -0.2) is 4.98 Å². The number of nitrogens with zero attached hydrogens (tertiary/aromatic N) is 4. The van der Waals surface area contributed by atoms with Gasteiger partial charge in [-0.15, -0.1) is 0 Å². The lowest BCUT2D eigenvalue weighted by molar-refractivity contribution is -0.136. The lowest BCUT2D eigenvalue weighted by Gasteiger charge is -2.55. The Hall–Kier alpha value is -2.74. The number of hydrogen-bond acceptors (Lipinski definition) is 6. The van der Waals surface area contributed by atoms with Gasteiger partial charge < -0.3 is 14.5 Å². The smallest absolute Gasteiger partial charge is 0.303 e. The van der Waals surface area contributed by atoms with Gasteiger partial charge in [0, 0.05) is 30.6 Å². The Morgan fingerprint density at radius 2 is 1.63 bits per heavy atom. The predicted octanol–water partition coefficient (Wildman–Crippen LogP) is 5.14. The second-order valence-corrected chi connectivity index (χ2v) is 12.1. The monoisotopic (exact) mass is 520 g/mol. The Labute approximate surface area is 224 Å². The Kier molecular flexibility index (Phi) is 7.25. The fraction of sp³-hybridized carbons (Fsp3) is 0.667.